The van der Waals surface area contributed by atoms with Crippen LogP contribution < -0.4 is 15.5 Å². The molecule has 0 unspecified atom stereocenters. The number of hydrogen-bond donors (Lipinski definition) is 2. The molecule has 5 aromatic rings. The molecule has 0 aliphatic rings. The van der Waals surface area contributed by atoms with Crippen LogP contribution in [0.2, 0.25) is 0 Å². The van der Waals surface area contributed by atoms with Gasteiger partial charge in [-0.05, 0) is 66.6 Å². The zero-order chi connectivity index (χ0) is 27.7. The number of hydrogen-bond acceptors (Lipinski definition) is 8. The van der Waals surface area contributed by atoms with E-state index in [2.05, 4.69) is 25.6 Å². The lowest BCUT2D eigenvalue weighted by Gasteiger charge is -2.19. The van der Waals surface area contributed by atoms with E-state index in [0.717, 1.165) is 28.0 Å². The normalized spacial score (nSPS) is 11.5. The minimum atomic E-state index is -3.10. The molecule has 5 rings (SSSR count). The van der Waals surface area contributed by atoms with E-state index in [1.165, 1.54) is 12.3 Å². The van der Waals surface area contributed by atoms with Gasteiger partial charge in [0.25, 0.3) is 0 Å². The first kappa shape index (κ1) is 26.1. The maximum absolute atomic E-state index is 14.4. The predicted molar refractivity (Wildman–Crippen MR) is 154 cm³/mol. The van der Waals surface area contributed by atoms with Gasteiger partial charge in [0.05, 0.1) is 22.5 Å². The smallest absolute Gasteiger partial charge is 0.229 e. The molecular weight excluding hydrogens is 517 g/mol. The van der Waals surface area contributed by atoms with E-state index in [-0.39, 0.29) is 11.6 Å². The van der Waals surface area contributed by atoms with E-state index in [4.69, 9.17) is 0 Å². The molecule has 0 aliphatic carbocycles. The first-order valence-corrected chi connectivity index (χ1v) is 14.2. The summed E-state index contributed by atoms with van der Waals surface area (Å²) in [7, 11) is 0.680. The lowest BCUT2D eigenvalue weighted by atomic mass is 10.2. The molecule has 0 saturated carbocycles. The molecule has 0 amide bonds. The number of aryl methyl sites for hydroxylation is 2. The van der Waals surface area contributed by atoms with Crippen LogP contribution in [0.3, 0.4) is 0 Å². The van der Waals surface area contributed by atoms with Crippen molar-refractivity contribution in [2.45, 2.75) is 12.7 Å². The lowest BCUT2D eigenvalue weighted by molar-refractivity contribution is 0.601. The molecule has 0 atom stereocenters. The van der Waals surface area contributed by atoms with Crippen molar-refractivity contribution in [2.75, 3.05) is 28.8 Å². The molecule has 200 valence electrons. The van der Waals surface area contributed by atoms with Crippen molar-refractivity contribution < 1.29 is 12.8 Å². The Morgan fingerprint density at radius 2 is 1.74 bits per heavy atom. The van der Waals surface area contributed by atoms with E-state index < -0.39 is 9.84 Å². The van der Waals surface area contributed by atoms with Crippen LogP contribution in [0.1, 0.15) is 11.1 Å². The summed E-state index contributed by atoms with van der Waals surface area (Å²) in [6, 6.07) is 19.8. The summed E-state index contributed by atoms with van der Waals surface area (Å²) in [6.45, 7) is 1.84. The Balaban J connectivity index is 1.35. The molecule has 0 saturated heterocycles. The third-order valence-electron chi connectivity index (χ3n) is 6.25. The Bertz CT molecular complexity index is 1770. The molecule has 3 aromatic carbocycles. The minimum Gasteiger partial charge on any atom is -0.329 e. The number of nitrogens with zero attached hydrogens (tertiary/aromatic N) is 5. The van der Waals surface area contributed by atoms with Crippen LogP contribution >= 0.6 is 0 Å². The molecule has 0 spiro atoms. The Hall–Kier alpha value is -4.51. The predicted octanol–water partition coefficient (Wildman–Crippen LogP) is 5.61. The Morgan fingerprint density at radius 3 is 2.46 bits per heavy atom. The second-order valence-electron chi connectivity index (χ2n) is 9.47. The van der Waals surface area contributed by atoms with Gasteiger partial charge in [-0.2, -0.15) is 4.98 Å². The molecule has 2 N–H and O–H groups in total. The highest BCUT2D eigenvalue weighted by atomic mass is 32.2. The second-order valence-corrected chi connectivity index (χ2v) is 11.6. The Kier molecular flexibility index (Phi) is 6.92. The third kappa shape index (κ3) is 5.99. The molecule has 11 heteroatoms. The van der Waals surface area contributed by atoms with Crippen LogP contribution in [0, 0.1) is 12.7 Å². The van der Waals surface area contributed by atoms with E-state index >= 15 is 0 Å². The first-order valence-electron chi connectivity index (χ1n) is 12.2. The molecule has 0 bridgehead atoms. The standard InChI is InChI=1S/C28H28FN7O2S/c1-18-5-11-23(22(29)15-18)32-28-33-24-16-21(10-12-25(24)36(28)3)35(2)26-13-14-30-27(34-26)31-20-8-6-19(7-9-20)17-39(4,37)38/h5-16H,17H2,1-4H3,(H,32,33)(H,30,31,34). The van der Waals surface area contributed by atoms with Gasteiger partial charge in [0, 0.05) is 37.9 Å². The maximum Gasteiger partial charge on any atom is 0.229 e. The first-order chi connectivity index (χ1) is 18.6. The number of benzene rings is 3. The van der Waals surface area contributed by atoms with Crippen LogP contribution in [-0.2, 0) is 22.6 Å². The molecule has 0 aliphatic heterocycles. The summed E-state index contributed by atoms with van der Waals surface area (Å²) >= 11 is 0. The average Bonchev–Trinajstić information content (AvgIpc) is 3.20. The largest absolute Gasteiger partial charge is 0.329 e. The number of fused-ring (bicyclic) bond motifs is 1. The molecule has 0 radical (unpaired) electrons. The van der Waals surface area contributed by atoms with Gasteiger partial charge in [-0.25, -0.2) is 22.8 Å². The topological polar surface area (TPSA) is 105 Å². The van der Waals surface area contributed by atoms with Crippen molar-refractivity contribution >= 4 is 55.6 Å². The Labute approximate surface area is 226 Å². The van der Waals surface area contributed by atoms with Crippen LogP contribution in [0.4, 0.5) is 39.2 Å². The van der Waals surface area contributed by atoms with Gasteiger partial charge in [0.1, 0.15) is 11.6 Å². The highest BCUT2D eigenvalue weighted by Gasteiger charge is 2.14. The monoisotopic (exact) mass is 545 g/mol. The van der Waals surface area contributed by atoms with Crippen molar-refractivity contribution in [1.82, 2.24) is 19.5 Å². The number of imidazole rings is 1. The molecule has 39 heavy (non-hydrogen) atoms. The summed E-state index contributed by atoms with van der Waals surface area (Å²) in [5.41, 5.74) is 5.17. The number of anilines is 6. The minimum absolute atomic E-state index is 0.00886. The summed E-state index contributed by atoms with van der Waals surface area (Å²) in [5, 5.41) is 6.25. The second kappa shape index (κ2) is 10.3. The molecule has 2 heterocycles. The number of rotatable bonds is 8. The van der Waals surface area contributed by atoms with E-state index in [1.54, 1.807) is 42.6 Å². The van der Waals surface area contributed by atoms with Gasteiger partial charge in [0.15, 0.2) is 9.84 Å². The summed E-state index contributed by atoms with van der Waals surface area (Å²) in [5.74, 6) is 1.26. The van der Waals surface area contributed by atoms with Crippen LogP contribution in [0.25, 0.3) is 11.0 Å². The van der Waals surface area contributed by atoms with Gasteiger partial charge in [0.2, 0.25) is 11.9 Å². The van der Waals surface area contributed by atoms with Crippen molar-refractivity contribution in [3.05, 3.63) is 89.9 Å². The fraction of sp³-hybridized carbons (Fsp3) is 0.179. The van der Waals surface area contributed by atoms with Gasteiger partial charge < -0.3 is 20.1 Å². The van der Waals surface area contributed by atoms with Crippen LogP contribution in [0.15, 0.2) is 72.9 Å². The zero-order valence-corrected chi connectivity index (χ0v) is 22.8. The Morgan fingerprint density at radius 1 is 0.974 bits per heavy atom. The lowest BCUT2D eigenvalue weighted by Crippen LogP contribution is -2.12. The highest BCUT2D eigenvalue weighted by Crippen LogP contribution is 2.29. The maximum atomic E-state index is 14.4. The summed E-state index contributed by atoms with van der Waals surface area (Å²) in [4.78, 5) is 15.5. The van der Waals surface area contributed by atoms with Gasteiger partial charge in [-0.3, -0.25) is 0 Å². The summed E-state index contributed by atoms with van der Waals surface area (Å²) < 4.78 is 39.3. The van der Waals surface area contributed by atoms with Crippen LogP contribution in [-0.4, -0.2) is 41.2 Å². The average molecular weight is 546 g/mol. The van der Waals surface area contributed by atoms with Crippen molar-refractivity contribution in [2.24, 2.45) is 7.05 Å². The van der Waals surface area contributed by atoms with Crippen LogP contribution in [0.5, 0.6) is 0 Å². The molecule has 0 fully saturated rings. The molecule has 9 nitrogen and oxygen atoms in total. The van der Waals surface area contributed by atoms with Crippen molar-refractivity contribution in [1.29, 1.82) is 0 Å². The van der Waals surface area contributed by atoms with E-state index in [0.29, 0.717) is 29.0 Å². The van der Waals surface area contributed by atoms with Crippen molar-refractivity contribution in [3.8, 4) is 0 Å². The van der Waals surface area contributed by atoms with Gasteiger partial charge in [-0.15, -0.1) is 0 Å². The van der Waals surface area contributed by atoms with Crippen molar-refractivity contribution in [3.63, 3.8) is 0 Å². The number of sulfone groups is 1. The van der Waals surface area contributed by atoms with Gasteiger partial charge >= 0.3 is 0 Å². The fourth-order valence-electron chi connectivity index (χ4n) is 4.20. The molecule has 2 aromatic heterocycles. The third-order valence-corrected chi connectivity index (χ3v) is 7.10. The quantitative estimate of drug-likeness (QED) is 0.259. The van der Waals surface area contributed by atoms with E-state index in [9.17, 15) is 12.8 Å². The SMILES string of the molecule is Cc1ccc(Nc2nc3cc(N(C)c4ccnc(Nc5ccc(CS(C)(=O)=O)cc5)n4)ccc3n2C)c(F)c1. The van der Waals surface area contributed by atoms with E-state index in [1.807, 2.05) is 54.8 Å². The number of aromatic nitrogens is 4. The number of halogens is 1. The highest BCUT2D eigenvalue weighted by molar-refractivity contribution is 7.89. The number of nitrogens with one attached hydrogen (secondary N) is 2. The zero-order valence-electron chi connectivity index (χ0n) is 22.0. The molecular formula is C28H28FN7O2S. The summed E-state index contributed by atoms with van der Waals surface area (Å²) in [6.07, 6.45) is 2.87. The van der Waals surface area contributed by atoms with Gasteiger partial charge in [-0.1, -0.05) is 18.2 Å². The fourth-order valence-corrected chi connectivity index (χ4v) is 4.99.